The van der Waals surface area contributed by atoms with E-state index in [1.54, 1.807) is 0 Å². The molecule has 0 aliphatic heterocycles. The Morgan fingerprint density at radius 3 is 3.20 bits per heavy atom. The van der Waals surface area contributed by atoms with Gasteiger partial charge < -0.3 is 5.32 Å². The molecule has 0 unspecified atom stereocenters. The summed E-state index contributed by atoms with van der Waals surface area (Å²) in [6, 6.07) is 0. The number of rotatable bonds is 3. The summed E-state index contributed by atoms with van der Waals surface area (Å²) in [4.78, 5) is 3.94. The van der Waals surface area contributed by atoms with Crippen LogP contribution in [0.1, 0.15) is 12.8 Å². The molecule has 1 aliphatic rings. The summed E-state index contributed by atoms with van der Waals surface area (Å²) in [5, 5.41) is 9.63. The summed E-state index contributed by atoms with van der Waals surface area (Å²) < 4.78 is 0. The molecular formula is C6H10N4. The van der Waals surface area contributed by atoms with Crippen molar-refractivity contribution in [2.75, 3.05) is 11.9 Å². The van der Waals surface area contributed by atoms with Crippen LogP contribution in [0.5, 0.6) is 0 Å². The second kappa shape index (κ2) is 2.28. The number of nitrogens with zero attached hydrogens (tertiary/aromatic N) is 2. The van der Waals surface area contributed by atoms with Gasteiger partial charge in [0.15, 0.2) is 0 Å². The molecule has 1 saturated carbocycles. The number of H-pyrrole nitrogens is 1. The first kappa shape index (κ1) is 5.70. The Kier molecular flexibility index (Phi) is 1.30. The Hall–Kier alpha value is -1.06. The molecule has 1 aromatic heterocycles. The highest BCUT2D eigenvalue weighted by atomic mass is 15.3. The molecule has 1 fully saturated rings. The van der Waals surface area contributed by atoms with Crippen molar-refractivity contribution in [1.29, 1.82) is 0 Å². The van der Waals surface area contributed by atoms with Crippen LogP contribution in [-0.4, -0.2) is 21.7 Å². The van der Waals surface area contributed by atoms with Gasteiger partial charge in [0.05, 0.1) is 0 Å². The molecule has 1 heterocycles. The molecule has 1 aromatic rings. The highest BCUT2D eigenvalue weighted by Gasteiger charge is 2.20. The molecule has 0 amide bonds. The third-order valence-corrected chi connectivity index (χ3v) is 1.67. The molecule has 4 heteroatoms. The molecular weight excluding hydrogens is 128 g/mol. The maximum atomic E-state index is 3.94. The highest BCUT2D eigenvalue weighted by molar-refractivity contribution is 5.20. The van der Waals surface area contributed by atoms with Gasteiger partial charge in [-0.3, -0.25) is 0 Å². The third kappa shape index (κ3) is 1.26. The number of hydrogen-bond acceptors (Lipinski definition) is 3. The number of aromatic nitrogens is 3. The number of nitrogens with one attached hydrogen (secondary N) is 2. The minimum Gasteiger partial charge on any atom is -0.354 e. The van der Waals surface area contributed by atoms with Crippen LogP contribution in [0.3, 0.4) is 0 Å². The van der Waals surface area contributed by atoms with Gasteiger partial charge >= 0.3 is 0 Å². The van der Waals surface area contributed by atoms with Crippen molar-refractivity contribution in [2.45, 2.75) is 12.8 Å². The Bertz CT molecular complexity index is 190. The largest absolute Gasteiger partial charge is 0.354 e. The van der Waals surface area contributed by atoms with Crippen molar-refractivity contribution in [2.24, 2.45) is 5.92 Å². The molecule has 0 atom stereocenters. The zero-order valence-electron chi connectivity index (χ0n) is 5.67. The van der Waals surface area contributed by atoms with Gasteiger partial charge in [-0.05, 0) is 18.8 Å². The van der Waals surface area contributed by atoms with Gasteiger partial charge in [-0.15, -0.1) is 0 Å². The van der Waals surface area contributed by atoms with E-state index in [1.807, 2.05) is 0 Å². The summed E-state index contributed by atoms with van der Waals surface area (Å²) in [6.07, 6.45) is 4.23. The van der Waals surface area contributed by atoms with Crippen molar-refractivity contribution in [3.63, 3.8) is 0 Å². The fraction of sp³-hybridized carbons (Fsp3) is 0.667. The second-order valence-electron chi connectivity index (χ2n) is 2.66. The van der Waals surface area contributed by atoms with Crippen LogP contribution in [0, 0.1) is 5.92 Å². The van der Waals surface area contributed by atoms with E-state index in [0.29, 0.717) is 0 Å². The van der Waals surface area contributed by atoms with Gasteiger partial charge in [-0.1, -0.05) is 0 Å². The van der Waals surface area contributed by atoms with Crippen molar-refractivity contribution in [3.8, 4) is 0 Å². The topological polar surface area (TPSA) is 53.6 Å². The van der Waals surface area contributed by atoms with Crippen LogP contribution >= 0.6 is 0 Å². The summed E-state index contributed by atoms with van der Waals surface area (Å²) in [5.41, 5.74) is 0. The zero-order valence-corrected chi connectivity index (χ0v) is 5.67. The maximum absolute atomic E-state index is 3.94. The van der Waals surface area contributed by atoms with Gasteiger partial charge in [0.25, 0.3) is 0 Å². The predicted octanol–water partition coefficient (Wildman–Crippen LogP) is 0.627. The van der Waals surface area contributed by atoms with Crippen LogP contribution in [0.4, 0.5) is 5.95 Å². The lowest BCUT2D eigenvalue weighted by Gasteiger charge is -1.97. The van der Waals surface area contributed by atoms with E-state index in [2.05, 4.69) is 20.5 Å². The predicted molar refractivity (Wildman–Crippen MR) is 37.6 cm³/mol. The van der Waals surface area contributed by atoms with Crippen molar-refractivity contribution in [3.05, 3.63) is 6.33 Å². The van der Waals surface area contributed by atoms with E-state index in [-0.39, 0.29) is 0 Å². The lowest BCUT2D eigenvalue weighted by molar-refractivity contribution is 0.875. The Balaban J connectivity index is 1.79. The van der Waals surface area contributed by atoms with Gasteiger partial charge in [0.1, 0.15) is 6.33 Å². The molecule has 0 spiro atoms. The summed E-state index contributed by atoms with van der Waals surface area (Å²) in [7, 11) is 0. The van der Waals surface area contributed by atoms with Gasteiger partial charge in [-0.25, -0.2) is 10.1 Å². The van der Waals surface area contributed by atoms with Gasteiger partial charge in [-0.2, -0.15) is 5.10 Å². The number of hydrogen-bond donors (Lipinski definition) is 2. The minimum absolute atomic E-state index is 0.784. The number of anilines is 1. The summed E-state index contributed by atoms with van der Waals surface area (Å²) in [5.74, 6) is 1.66. The first-order valence-electron chi connectivity index (χ1n) is 3.54. The molecule has 0 bridgehead atoms. The Labute approximate surface area is 59.1 Å². The van der Waals surface area contributed by atoms with Crippen LogP contribution in [0.15, 0.2) is 6.33 Å². The standard InChI is InChI=1S/C6H10N4/c1-2-5(1)3-7-6-8-4-9-10-6/h4-5H,1-3H2,(H2,7,8,9,10). The van der Waals surface area contributed by atoms with Crippen LogP contribution in [0.2, 0.25) is 0 Å². The molecule has 2 rings (SSSR count). The third-order valence-electron chi connectivity index (χ3n) is 1.67. The zero-order chi connectivity index (χ0) is 6.81. The van der Waals surface area contributed by atoms with E-state index >= 15 is 0 Å². The molecule has 54 valence electrons. The Morgan fingerprint density at radius 1 is 1.70 bits per heavy atom. The summed E-state index contributed by atoms with van der Waals surface area (Å²) >= 11 is 0. The quantitative estimate of drug-likeness (QED) is 0.644. The van der Waals surface area contributed by atoms with E-state index in [1.165, 1.54) is 19.2 Å². The first-order valence-corrected chi connectivity index (χ1v) is 3.54. The fourth-order valence-electron chi connectivity index (χ4n) is 0.854. The smallest absolute Gasteiger partial charge is 0.218 e. The van der Waals surface area contributed by atoms with E-state index in [0.717, 1.165) is 18.4 Å². The highest BCUT2D eigenvalue weighted by Crippen LogP contribution is 2.28. The summed E-state index contributed by atoms with van der Waals surface area (Å²) in [6.45, 7) is 1.04. The van der Waals surface area contributed by atoms with Crippen LogP contribution in [-0.2, 0) is 0 Å². The minimum atomic E-state index is 0.784. The molecule has 0 aromatic carbocycles. The van der Waals surface area contributed by atoms with Gasteiger partial charge in [0.2, 0.25) is 5.95 Å². The van der Waals surface area contributed by atoms with Crippen molar-refractivity contribution >= 4 is 5.95 Å². The second-order valence-corrected chi connectivity index (χ2v) is 2.66. The monoisotopic (exact) mass is 138 g/mol. The molecule has 4 nitrogen and oxygen atoms in total. The lowest BCUT2D eigenvalue weighted by Crippen LogP contribution is -2.04. The SMILES string of the molecule is c1n[nH]c(NCC2CC2)n1. The average molecular weight is 138 g/mol. The van der Waals surface area contributed by atoms with E-state index < -0.39 is 0 Å². The number of aromatic amines is 1. The van der Waals surface area contributed by atoms with Crippen molar-refractivity contribution in [1.82, 2.24) is 15.2 Å². The Morgan fingerprint density at radius 2 is 2.60 bits per heavy atom. The van der Waals surface area contributed by atoms with Crippen LogP contribution < -0.4 is 5.32 Å². The average Bonchev–Trinajstić information content (AvgIpc) is 2.63. The lowest BCUT2D eigenvalue weighted by atomic mass is 10.4. The molecule has 0 saturated heterocycles. The molecule has 2 N–H and O–H groups in total. The van der Waals surface area contributed by atoms with Crippen molar-refractivity contribution < 1.29 is 0 Å². The molecule has 10 heavy (non-hydrogen) atoms. The first-order chi connectivity index (χ1) is 4.95. The molecule has 0 radical (unpaired) electrons. The molecule has 1 aliphatic carbocycles. The maximum Gasteiger partial charge on any atom is 0.218 e. The van der Waals surface area contributed by atoms with Gasteiger partial charge in [0, 0.05) is 6.54 Å². The van der Waals surface area contributed by atoms with E-state index in [9.17, 15) is 0 Å². The van der Waals surface area contributed by atoms with E-state index in [4.69, 9.17) is 0 Å². The normalized spacial score (nSPS) is 17.2. The fourth-order valence-corrected chi connectivity index (χ4v) is 0.854. The van der Waals surface area contributed by atoms with Crippen LogP contribution in [0.25, 0.3) is 0 Å².